The molecule has 0 aliphatic heterocycles. The van der Waals surface area contributed by atoms with Gasteiger partial charge in [-0.3, -0.25) is 4.79 Å². The van der Waals surface area contributed by atoms with E-state index in [0.717, 1.165) is 22.6 Å². The zero-order valence-corrected chi connectivity index (χ0v) is 15.4. The molecule has 3 aromatic carbocycles. The molecule has 0 fully saturated rings. The minimum absolute atomic E-state index is 0.0387. The lowest BCUT2D eigenvalue weighted by atomic mass is 10.2. The minimum atomic E-state index is -0.329. The van der Waals surface area contributed by atoms with Gasteiger partial charge in [-0.2, -0.15) is 0 Å². The van der Waals surface area contributed by atoms with E-state index in [4.69, 9.17) is 4.74 Å². The topological polar surface area (TPSA) is 50.4 Å². The van der Waals surface area contributed by atoms with Crippen molar-refractivity contribution < 1.29 is 9.53 Å². The van der Waals surface area contributed by atoms with E-state index in [1.807, 2.05) is 91.9 Å². The monoisotopic (exact) mass is 360 g/mol. The van der Waals surface area contributed by atoms with Gasteiger partial charge in [0.15, 0.2) is 0 Å². The van der Waals surface area contributed by atoms with Crippen LogP contribution < -0.4 is 15.4 Å². The molecule has 0 aromatic heterocycles. The number of hydrogen-bond donors (Lipinski definition) is 2. The lowest BCUT2D eigenvalue weighted by molar-refractivity contribution is -0.121. The molecule has 4 nitrogen and oxygen atoms in total. The fraction of sp³-hybridized carbons (Fsp3) is 0.174. The van der Waals surface area contributed by atoms with Gasteiger partial charge in [-0.1, -0.05) is 60.7 Å². The van der Waals surface area contributed by atoms with Crippen molar-refractivity contribution in [2.45, 2.75) is 26.1 Å². The van der Waals surface area contributed by atoms with Crippen LogP contribution in [-0.2, 0) is 17.9 Å². The Labute approximate surface area is 160 Å². The van der Waals surface area contributed by atoms with Gasteiger partial charge >= 0.3 is 0 Å². The Kier molecular flexibility index (Phi) is 6.47. The van der Waals surface area contributed by atoms with E-state index < -0.39 is 0 Å². The number of amides is 1. The van der Waals surface area contributed by atoms with Crippen LogP contribution in [-0.4, -0.2) is 11.9 Å². The number of ether oxygens (including phenoxy) is 1. The number of benzene rings is 3. The fourth-order valence-electron chi connectivity index (χ4n) is 2.64. The first kappa shape index (κ1) is 18.5. The van der Waals surface area contributed by atoms with Gasteiger partial charge in [-0.25, -0.2) is 0 Å². The number of carbonyl (C=O) groups is 1. The molecule has 3 rings (SSSR count). The molecule has 1 amide bonds. The van der Waals surface area contributed by atoms with Gasteiger partial charge in [-0.05, 0) is 42.3 Å². The van der Waals surface area contributed by atoms with Gasteiger partial charge in [0, 0.05) is 12.2 Å². The van der Waals surface area contributed by atoms with Crippen LogP contribution in [0.15, 0.2) is 84.9 Å². The zero-order valence-electron chi connectivity index (χ0n) is 15.4. The number of anilines is 1. The second-order valence-corrected chi connectivity index (χ2v) is 6.37. The molecule has 27 heavy (non-hydrogen) atoms. The van der Waals surface area contributed by atoms with E-state index in [0.29, 0.717) is 13.2 Å². The summed E-state index contributed by atoms with van der Waals surface area (Å²) in [5, 5.41) is 6.15. The Morgan fingerprint density at radius 2 is 1.44 bits per heavy atom. The molecule has 1 atom stereocenters. The molecule has 2 N–H and O–H groups in total. The Balaban J connectivity index is 1.46. The third kappa shape index (κ3) is 5.89. The molecule has 0 unspecified atom stereocenters. The second-order valence-electron chi connectivity index (χ2n) is 6.37. The quantitative estimate of drug-likeness (QED) is 0.627. The lowest BCUT2D eigenvalue weighted by Crippen LogP contribution is -2.37. The smallest absolute Gasteiger partial charge is 0.242 e. The maximum Gasteiger partial charge on any atom is 0.242 e. The van der Waals surface area contributed by atoms with Crippen molar-refractivity contribution >= 4 is 11.6 Å². The van der Waals surface area contributed by atoms with Crippen molar-refractivity contribution in [2.75, 3.05) is 5.32 Å². The normalized spacial score (nSPS) is 11.4. The predicted octanol–water partition coefficient (Wildman–Crippen LogP) is 4.38. The van der Waals surface area contributed by atoms with Crippen LogP contribution in [0.1, 0.15) is 18.1 Å². The number of nitrogens with one attached hydrogen (secondary N) is 2. The molecule has 4 heteroatoms. The summed E-state index contributed by atoms with van der Waals surface area (Å²) in [6.45, 7) is 2.91. The number of rotatable bonds is 8. The fourth-order valence-corrected chi connectivity index (χ4v) is 2.64. The Hall–Kier alpha value is -3.27. The summed E-state index contributed by atoms with van der Waals surface area (Å²) in [7, 11) is 0. The van der Waals surface area contributed by atoms with Crippen LogP contribution in [0.25, 0.3) is 0 Å². The molecule has 0 aliphatic carbocycles. The van der Waals surface area contributed by atoms with E-state index in [9.17, 15) is 4.79 Å². The molecule has 0 bridgehead atoms. The van der Waals surface area contributed by atoms with E-state index in [1.165, 1.54) is 0 Å². The molecule has 138 valence electrons. The van der Waals surface area contributed by atoms with Crippen molar-refractivity contribution in [3.8, 4) is 5.75 Å². The largest absolute Gasteiger partial charge is 0.489 e. The van der Waals surface area contributed by atoms with E-state index in [-0.39, 0.29) is 11.9 Å². The van der Waals surface area contributed by atoms with Crippen molar-refractivity contribution in [1.29, 1.82) is 0 Å². The molecule has 0 spiro atoms. The molecule has 0 heterocycles. The highest BCUT2D eigenvalue weighted by Crippen LogP contribution is 2.17. The molecule has 3 aromatic rings. The van der Waals surface area contributed by atoms with Crippen LogP contribution in [0, 0.1) is 0 Å². The Morgan fingerprint density at radius 3 is 2.07 bits per heavy atom. The maximum atomic E-state index is 12.2. The van der Waals surface area contributed by atoms with Crippen LogP contribution in [0.2, 0.25) is 0 Å². The lowest BCUT2D eigenvalue weighted by Gasteiger charge is -2.16. The van der Waals surface area contributed by atoms with Crippen molar-refractivity contribution in [3.05, 3.63) is 96.1 Å². The van der Waals surface area contributed by atoms with Crippen LogP contribution in [0.5, 0.6) is 5.75 Å². The van der Waals surface area contributed by atoms with E-state index in [2.05, 4.69) is 10.6 Å². The summed E-state index contributed by atoms with van der Waals surface area (Å²) in [5.41, 5.74) is 3.09. The molecule has 0 aliphatic rings. The Morgan fingerprint density at radius 1 is 0.852 bits per heavy atom. The average Bonchev–Trinajstić information content (AvgIpc) is 2.73. The summed E-state index contributed by atoms with van der Waals surface area (Å²) in [6, 6.07) is 27.2. The SMILES string of the molecule is C[C@H](Nc1ccc(OCc2ccccc2)cc1)C(=O)NCc1ccccc1. The van der Waals surface area contributed by atoms with Gasteiger partial charge in [0.1, 0.15) is 18.4 Å². The molecule has 0 saturated heterocycles. The summed E-state index contributed by atoms with van der Waals surface area (Å²) in [4.78, 5) is 12.2. The first-order chi connectivity index (χ1) is 13.2. The predicted molar refractivity (Wildman–Crippen MR) is 109 cm³/mol. The van der Waals surface area contributed by atoms with Gasteiger partial charge in [-0.15, -0.1) is 0 Å². The average molecular weight is 360 g/mol. The zero-order chi connectivity index (χ0) is 18.9. The first-order valence-corrected chi connectivity index (χ1v) is 9.06. The highest BCUT2D eigenvalue weighted by atomic mass is 16.5. The molecule has 0 saturated carbocycles. The highest BCUT2D eigenvalue weighted by molar-refractivity contribution is 5.84. The van der Waals surface area contributed by atoms with Gasteiger partial charge in [0.2, 0.25) is 5.91 Å². The van der Waals surface area contributed by atoms with Crippen molar-refractivity contribution in [2.24, 2.45) is 0 Å². The minimum Gasteiger partial charge on any atom is -0.489 e. The van der Waals surface area contributed by atoms with Gasteiger partial charge in [0.25, 0.3) is 0 Å². The molecular weight excluding hydrogens is 336 g/mol. The standard InChI is InChI=1S/C23H24N2O2/c1-18(23(26)24-16-19-8-4-2-5-9-19)25-21-12-14-22(15-13-21)27-17-20-10-6-3-7-11-20/h2-15,18,25H,16-17H2,1H3,(H,24,26)/t18-/m0/s1. The summed E-state index contributed by atoms with van der Waals surface area (Å²) in [6.07, 6.45) is 0. The van der Waals surface area contributed by atoms with E-state index in [1.54, 1.807) is 0 Å². The van der Waals surface area contributed by atoms with E-state index >= 15 is 0 Å². The summed E-state index contributed by atoms with van der Waals surface area (Å²) in [5.74, 6) is 0.758. The Bertz CT molecular complexity index is 833. The van der Waals surface area contributed by atoms with Gasteiger partial charge in [0.05, 0.1) is 0 Å². The van der Waals surface area contributed by atoms with Gasteiger partial charge < -0.3 is 15.4 Å². The summed E-state index contributed by atoms with van der Waals surface area (Å²) < 4.78 is 5.78. The van der Waals surface area contributed by atoms with Crippen molar-refractivity contribution in [3.63, 3.8) is 0 Å². The van der Waals surface area contributed by atoms with Crippen LogP contribution in [0.3, 0.4) is 0 Å². The molecule has 0 radical (unpaired) electrons. The van der Waals surface area contributed by atoms with Crippen LogP contribution >= 0.6 is 0 Å². The van der Waals surface area contributed by atoms with Crippen molar-refractivity contribution in [1.82, 2.24) is 5.32 Å². The van der Waals surface area contributed by atoms with Crippen LogP contribution in [0.4, 0.5) is 5.69 Å². The second kappa shape index (κ2) is 9.43. The number of hydrogen-bond acceptors (Lipinski definition) is 3. The summed E-state index contributed by atoms with van der Waals surface area (Å²) >= 11 is 0. The first-order valence-electron chi connectivity index (χ1n) is 9.06. The highest BCUT2D eigenvalue weighted by Gasteiger charge is 2.12. The maximum absolute atomic E-state index is 12.2. The third-order valence-electron chi connectivity index (χ3n) is 4.19. The number of carbonyl (C=O) groups excluding carboxylic acids is 1. The molecular formula is C23H24N2O2. The third-order valence-corrected chi connectivity index (χ3v) is 4.19.